The van der Waals surface area contributed by atoms with E-state index in [0.29, 0.717) is 22.1 Å². The maximum Gasteiger partial charge on any atom is 0.289 e. The van der Waals surface area contributed by atoms with Crippen molar-refractivity contribution in [2.45, 2.75) is 6.61 Å². The van der Waals surface area contributed by atoms with E-state index >= 15 is 0 Å². The van der Waals surface area contributed by atoms with Gasteiger partial charge < -0.3 is 14.8 Å². The number of amides is 1. The van der Waals surface area contributed by atoms with Crippen LogP contribution in [0.3, 0.4) is 0 Å². The fraction of sp³-hybridized carbons (Fsp3) is 0.0833. The van der Waals surface area contributed by atoms with Crippen LogP contribution in [0, 0.1) is 21.4 Å². The van der Waals surface area contributed by atoms with Crippen molar-refractivity contribution in [3.63, 3.8) is 0 Å². The number of nitriles is 1. The number of anilines is 1. The number of nitrogens with zero attached hydrogens (tertiary/aromatic N) is 2. The lowest BCUT2D eigenvalue weighted by atomic mass is 10.1. The van der Waals surface area contributed by atoms with Gasteiger partial charge in [-0.1, -0.05) is 41.4 Å². The van der Waals surface area contributed by atoms with Gasteiger partial charge >= 0.3 is 0 Å². The molecule has 10 heteroatoms. The molecular formula is C24H17Cl2N3O5. The molecule has 8 nitrogen and oxygen atoms in total. The fourth-order valence-electron chi connectivity index (χ4n) is 2.88. The van der Waals surface area contributed by atoms with Gasteiger partial charge in [0, 0.05) is 16.8 Å². The predicted molar refractivity (Wildman–Crippen MR) is 129 cm³/mol. The minimum atomic E-state index is -0.737. The number of methoxy groups -OCH3 is 1. The molecular weight excluding hydrogens is 481 g/mol. The molecule has 0 atom stereocenters. The van der Waals surface area contributed by atoms with Crippen LogP contribution in [0.25, 0.3) is 6.08 Å². The van der Waals surface area contributed by atoms with Crippen LogP contribution < -0.4 is 14.8 Å². The molecule has 0 aromatic heterocycles. The molecule has 0 unspecified atom stereocenters. The van der Waals surface area contributed by atoms with Crippen LogP contribution in [-0.4, -0.2) is 17.9 Å². The third-order valence-corrected chi connectivity index (χ3v) is 5.14. The first-order valence-corrected chi connectivity index (χ1v) is 10.5. The maximum atomic E-state index is 12.6. The first-order chi connectivity index (χ1) is 16.3. The second kappa shape index (κ2) is 11.2. The Bertz CT molecular complexity index is 1300. The fourth-order valence-corrected chi connectivity index (χ4v) is 3.19. The van der Waals surface area contributed by atoms with Crippen molar-refractivity contribution in [1.82, 2.24) is 0 Å². The SMILES string of the molecule is COc1ccc(/C=C(\C#N)C(=O)Nc2ccc(Cl)c([N+](=O)[O-])c2)cc1OCc1ccc(Cl)cc1. The number of nitro benzene ring substituents is 1. The molecule has 1 amide bonds. The third kappa shape index (κ3) is 6.25. The topological polar surface area (TPSA) is 114 Å². The smallest absolute Gasteiger partial charge is 0.289 e. The van der Waals surface area contributed by atoms with Crippen LogP contribution in [0.1, 0.15) is 11.1 Å². The summed E-state index contributed by atoms with van der Waals surface area (Å²) in [5.41, 5.74) is 0.956. The highest BCUT2D eigenvalue weighted by Crippen LogP contribution is 2.30. The monoisotopic (exact) mass is 497 g/mol. The molecule has 3 rings (SSSR count). The van der Waals surface area contributed by atoms with E-state index < -0.39 is 10.8 Å². The standard InChI is InChI=1S/C24H17Cl2N3O5/c1-33-22-9-4-16(11-23(22)34-14-15-2-5-18(25)6-3-15)10-17(13-27)24(30)28-19-7-8-20(26)21(12-19)29(31)32/h2-12H,14H2,1H3,(H,28,30)/b17-10+. The van der Waals surface area contributed by atoms with Gasteiger partial charge in [-0.2, -0.15) is 5.26 Å². The van der Waals surface area contributed by atoms with Gasteiger partial charge in [-0.05, 0) is 53.6 Å². The second-order valence-electron chi connectivity index (χ2n) is 6.87. The molecule has 172 valence electrons. The van der Waals surface area contributed by atoms with E-state index in [0.717, 1.165) is 11.6 Å². The molecule has 3 aromatic carbocycles. The van der Waals surface area contributed by atoms with Crippen LogP contribution in [0.15, 0.2) is 66.2 Å². The summed E-state index contributed by atoms with van der Waals surface area (Å²) in [6, 6.07) is 17.8. The highest BCUT2D eigenvalue weighted by molar-refractivity contribution is 6.32. The summed E-state index contributed by atoms with van der Waals surface area (Å²) in [5, 5.41) is 23.6. The molecule has 0 radical (unpaired) electrons. The summed E-state index contributed by atoms with van der Waals surface area (Å²) >= 11 is 11.7. The molecule has 0 heterocycles. The lowest BCUT2D eigenvalue weighted by Crippen LogP contribution is -2.13. The molecule has 0 bridgehead atoms. The minimum Gasteiger partial charge on any atom is -0.493 e. The lowest BCUT2D eigenvalue weighted by Gasteiger charge is -2.12. The summed E-state index contributed by atoms with van der Waals surface area (Å²) in [4.78, 5) is 23.0. The summed E-state index contributed by atoms with van der Waals surface area (Å²) in [5.74, 6) is 0.151. The summed E-state index contributed by atoms with van der Waals surface area (Å²) in [6.07, 6.45) is 1.37. The Balaban J connectivity index is 1.80. The van der Waals surface area contributed by atoms with Crippen molar-refractivity contribution in [3.05, 3.63) is 97.5 Å². The van der Waals surface area contributed by atoms with Gasteiger partial charge in [0.05, 0.1) is 12.0 Å². The van der Waals surface area contributed by atoms with E-state index in [1.54, 1.807) is 30.3 Å². The maximum absolute atomic E-state index is 12.6. The number of nitrogens with one attached hydrogen (secondary N) is 1. The van der Waals surface area contributed by atoms with Crippen molar-refractivity contribution in [1.29, 1.82) is 5.26 Å². The number of ether oxygens (including phenoxy) is 2. The minimum absolute atomic E-state index is 0.0663. The number of rotatable bonds is 8. The van der Waals surface area contributed by atoms with Crippen LogP contribution in [0.2, 0.25) is 10.0 Å². The van der Waals surface area contributed by atoms with Crippen molar-refractivity contribution in [3.8, 4) is 17.6 Å². The largest absolute Gasteiger partial charge is 0.493 e. The van der Waals surface area contributed by atoms with Crippen LogP contribution in [-0.2, 0) is 11.4 Å². The van der Waals surface area contributed by atoms with E-state index in [2.05, 4.69) is 5.32 Å². The van der Waals surface area contributed by atoms with Gasteiger partial charge in [0.1, 0.15) is 23.3 Å². The summed E-state index contributed by atoms with van der Waals surface area (Å²) in [7, 11) is 1.50. The number of hydrogen-bond acceptors (Lipinski definition) is 6. The van der Waals surface area contributed by atoms with Crippen molar-refractivity contribution in [2.24, 2.45) is 0 Å². The van der Waals surface area contributed by atoms with Crippen LogP contribution >= 0.6 is 23.2 Å². The molecule has 34 heavy (non-hydrogen) atoms. The molecule has 0 fully saturated rings. The molecule has 1 N–H and O–H groups in total. The molecule has 0 saturated heterocycles. The lowest BCUT2D eigenvalue weighted by molar-refractivity contribution is -0.384. The van der Waals surface area contributed by atoms with Crippen LogP contribution in [0.5, 0.6) is 11.5 Å². The van der Waals surface area contributed by atoms with Gasteiger partial charge in [0.2, 0.25) is 0 Å². The van der Waals surface area contributed by atoms with Crippen molar-refractivity contribution < 1.29 is 19.2 Å². The van der Waals surface area contributed by atoms with E-state index in [1.165, 1.54) is 25.3 Å². The van der Waals surface area contributed by atoms with Crippen molar-refractivity contribution in [2.75, 3.05) is 12.4 Å². The average Bonchev–Trinajstić information content (AvgIpc) is 2.83. The van der Waals surface area contributed by atoms with Gasteiger partial charge in [0.15, 0.2) is 11.5 Å². The number of carbonyl (C=O) groups excluding carboxylic acids is 1. The van der Waals surface area contributed by atoms with Crippen LogP contribution in [0.4, 0.5) is 11.4 Å². The van der Waals surface area contributed by atoms with Gasteiger partial charge in [-0.15, -0.1) is 0 Å². The molecule has 0 aliphatic rings. The summed E-state index contributed by atoms with van der Waals surface area (Å²) in [6.45, 7) is 0.252. The highest BCUT2D eigenvalue weighted by Gasteiger charge is 2.16. The zero-order valence-electron chi connectivity index (χ0n) is 17.7. The predicted octanol–water partition coefficient (Wildman–Crippen LogP) is 6.03. The Kier molecular flexibility index (Phi) is 8.09. The van der Waals surface area contributed by atoms with Crippen molar-refractivity contribution >= 4 is 46.6 Å². The Hall–Kier alpha value is -4.06. The number of halogens is 2. The molecule has 0 aliphatic heterocycles. The normalized spacial score (nSPS) is 10.8. The zero-order chi connectivity index (χ0) is 24.7. The molecule has 3 aromatic rings. The Morgan fingerprint density at radius 2 is 1.85 bits per heavy atom. The van der Waals surface area contributed by atoms with E-state index in [4.69, 9.17) is 32.7 Å². The number of nitro groups is 1. The molecule has 0 aliphatic carbocycles. The average molecular weight is 498 g/mol. The first-order valence-electron chi connectivity index (χ1n) is 9.73. The number of hydrogen-bond donors (Lipinski definition) is 1. The second-order valence-corrected chi connectivity index (χ2v) is 7.72. The Morgan fingerprint density at radius 3 is 2.50 bits per heavy atom. The van der Waals surface area contributed by atoms with Gasteiger partial charge in [0.25, 0.3) is 11.6 Å². The van der Waals surface area contributed by atoms with Gasteiger partial charge in [-0.3, -0.25) is 14.9 Å². The Morgan fingerprint density at radius 1 is 1.12 bits per heavy atom. The first kappa shape index (κ1) is 24.6. The molecule has 0 saturated carbocycles. The number of benzene rings is 3. The molecule has 0 spiro atoms. The zero-order valence-corrected chi connectivity index (χ0v) is 19.3. The summed E-state index contributed by atoms with van der Waals surface area (Å²) < 4.78 is 11.2. The highest BCUT2D eigenvalue weighted by atomic mass is 35.5. The van der Waals surface area contributed by atoms with E-state index in [9.17, 15) is 20.2 Å². The van der Waals surface area contributed by atoms with E-state index in [1.807, 2.05) is 18.2 Å². The quantitative estimate of drug-likeness (QED) is 0.175. The van der Waals surface area contributed by atoms with Gasteiger partial charge in [-0.25, -0.2) is 0 Å². The third-order valence-electron chi connectivity index (χ3n) is 4.57. The number of carbonyl (C=O) groups is 1. The Labute approximate surface area is 205 Å². The van der Waals surface area contributed by atoms with E-state index in [-0.39, 0.29) is 28.6 Å².